The molecule has 19 heavy (non-hydrogen) atoms. The van der Waals surface area contributed by atoms with Gasteiger partial charge in [0.15, 0.2) is 16.3 Å². The Balaban J connectivity index is 2.66. The van der Waals surface area contributed by atoms with E-state index in [0.717, 1.165) is 11.1 Å². The highest BCUT2D eigenvalue weighted by molar-refractivity contribution is 9.06. The van der Waals surface area contributed by atoms with E-state index in [2.05, 4.69) is 16.3 Å². The van der Waals surface area contributed by atoms with Gasteiger partial charge in [-0.3, -0.25) is 0 Å². The fourth-order valence-corrected chi connectivity index (χ4v) is 2.74. The highest BCUT2D eigenvalue weighted by Crippen LogP contribution is 2.37. The lowest BCUT2D eigenvalue weighted by molar-refractivity contribution is -0.137. The van der Waals surface area contributed by atoms with Gasteiger partial charge in [0.1, 0.15) is 5.41 Å². The molecule has 0 aliphatic carbocycles. The van der Waals surface area contributed by atoms with Gasteiger partial charge in [0.25, 0.3) is 0 Å². The lowest BCUT2D eigenvalue weighted by Gasteiger charge is -2.30. The Hall–Kier alpha value is -1.61. The summed E-state index contributed by atoms with van der Waals surface area (Å²) in [5.41, 5.74) is 1.10. The Morgan fingerprint density at radius 2 is 1.42 bits per heavy atom. The van der Waals surface area contributed by atoms with Crippen molar-refractivity contribution < 1.29 is 8.62 Å². The molecule has 2 aromatic rings. The summed E-state index contributed by atoms with van der Waals surface area (Å²) in [4.78, 5) is 12.4. The van der Waals surface area contributed by atoms with E-state index in [1.807, 2.05) is 67.6 Å². The molecule has 0 radical (unpaired) electrons. The molecule has 3 heteroatoms. The zero-order valence-corrected chi connectivity index (χ0v) is 12.3. The SMILES string of the molecule is CCC(C(=O)OBr)(c1ccccc1)c1ccccc1. The highest BCUT2D eigenvalue weighted by atomic mass is 79.9. The Bertz CT molecular complexity index is 498. The molecule has 0 aliphatic heterocycles. The number of hydrogen-bond acceptors (Lipinski definition) is 2. The molecule has 0 bridgehead atoms. The minimum absolute atomic E-state index is 0.299. The maximum atomic E-state index is 12.4. The molecule has 0 aliphatic rings. The van der Waals surface area contributed by atoms with Gasteiger partial charge in [-0.1, -0.05) is 67.6 Å². The van der Waals surface area contributed by atoms with E-state index in [4.69, 9.17) is 3.83 Å². The molecule has 0 heterocycles. The Kier molecular flexibility index (Phi) is 4.38. The molecule has 0 saturated carbocycles. The van der Waals surface area contributed by atoms with Crippen LogP contribution in [0.25, 0.3) is 0 Å². The van der Waals surface area contributed by atoms with Crippen molar-refractivity contribution in [3.63, 3.8) is 0 Å². The molecule has 0 fully saturated rings. The molecular weight excluding hydrogens is 304 g/mol. The molecule has 0 spiro atoms. The maximum Gasteiger partial charge on any atom is 0.332 e. The summed E-state index contributed by atoms with van der Waals surface area (Å²) < 4.78 is 4.89. The van der Waals surface area contributed by atoms with Crippen LogP contribution in [-0.4, -0.2) is 5.97 Å². The maximum absolute atomic E-state index is 12.4. The van der Waals surface area contributed by atoms with Crippen molar-refractivity contribution in [2.45, 2.75) is 18.8 Å². The first kappa shape index (κ1) is 13.8. The summed E-state index contributed by atoms with van der Waals surface area (Å²) in [6, 6.07) is 19.5. The molecule has 2 nitrogen and oxygen atoms in total. The van der Waals surface area contributed by atoms with Crippen LogP contribution in [0.1, 0.15) is 24.5 Å². The molecule has 0 aromatic heterocycles. The van der Waals surface area contributed by atoms with Gasteiger partial charge in [-0.2, -0.15) is 0 Å². The number of carbonyl (C=O) groups excluding carboxylic acids is 1. The van der Waals surface area contributed by atoms with E-state index >= 15 is 0 Å². The van der Waals surface area contributed by atoms with Gasteiger partial charge in [0, 0.05) is 0 Å². The third-order valence-electron chi connectivity index (χ3n) is 3.48. The van der Waals surface area contributed by atoms with Crippen LogP contribution in [0, 0.1) is 0 Å². The smallest absolute Gasteiger partial charge is 0.332 e. The third-order valence-corrected chi connectivity index (χ3v) is 3.78. The van der Waals surface area contributed by atoms with Crippen molar-refractivity contribution in [3.8, 4) is 0 Å². The van der Waals surface area contributed by atoms with Crippen LogP contribution in [0.2, 0.25) is 0 Å². The molecule has 0 atom stereocenters. The van der Waals surface area contributed by atoms with E-state index in [0.29, 0.717) is 6.42 Å². The lowest BCUT2D eigenvalue weighted by atomic mass is 9.72. The van der Waals surface area contributed by atoms with Crippen LogP contribution in [0.4, 0.5) is 0 Å². The summed E-state index contributed by atoms with van der Waals surface area (Å²) in [7, 11) is 0. The molecule has 0 unspecified atom stereocenters. The van der Waals surface area contributed by atoms with Crippen LogP contribution >= 0.6 is 16.3 Å². The molecule has 0 saturated heterocycles. The summed E-state index contributed by atoms with van der Waals surface area (Å²) >= 11 is 2.84. The van der Waals surface area contributed by atoms with E-state index < -0.39 is 5.41 Å². The first-order chi connectivity index (χ1) is 9.25. The summed E-state index contributed by atoms with van der Waals surface area (Å²) in [5, 5.41) is 0. The second-order valence-electron chi connectivity index (χ2n) is 4.36. The Morgan fingerprint density at radius 3 is 1.74 bits per heavy atom. The van der Waals surface area contributed by atoms with E-state index in [9.17, 15) is 4.79 Å². The zero-order valence-electron chi connectivity index (χ0n) is 10.7. The number of halogens is 1. The van der Waals surface area contributed by atoms with Crippen LogP contribution in [0.5, 0.6) is 0 Å². The Morgan fingerprint density at radius 1 is 1.00 bits per heavy atom. The average molecular weight is 319 g/mol. The van der Waals surface area contributed by atoms with Gasteiger partial charge in [-0.15, -0.1) is 0 Å². The second-order valence-corrected chi connectivity index (χ2v) is 4.68. The molecule has 0 N–H and O–H groups in total. The minimum Gasteiger partial charge on any atom is -0.383 e. The number of benzene rings is 2. The van der Waals surface area contributed by atoms with Crippen molar-refractivity contribution in [2.75, 3.05) is 0 Å². The molecule has 0 amide bonds. The van der Waals surface area contributed by atoms with Crippen LogP contribution in [0.15, 0.2) is 60.7 Å². The molecule has 2 rings (SSSR count). The van der Waals surface area contributed by atoms with E-state index in [-0.39, 0.29) is 5.97 Å². The quantitative estimate of drug-likeness (QED) is 0.843. The number of hydrogen-bond donors (Lipinski definition) is 0. The topological polar surface area (TPSA) is 26.3 Å². The van der Waals surface area contributed by atoms with Gasteiger partial charge in [-0.05, 0) is 17.5 Å². The fraction of sp³-hybridized carbons (Fsp3) is 0.188. The first-order valence-corrected chi connectivity index (χ1v) is 6.84. The molecule has 98 valence electrons. The fourth-order valence-electron chi connectivity index (χ4n) is 2.47. The third kappa shape index (κ3) is 2.43. The van der Waals surface area contributed by atoms with Gasteiger partial charge in [-0.25, -0.2) is 4.79 Å². The number of rotatable bonds is 4. The van der Waals surface area contributed by atoms with E-state index in [1.165, 1.54) is 0 Å². The van der Waals surface area contributed by atoms with Crippen molar-refractivity contribution in [1.82, 2.24) is 0 Å². The van der Waals surface area contributed by atoms with Crippen LogP contribution in [0.3, 0.4) is 0 Å². The van der Waals surface area contributed by atoms with Crippen LogP contribution < -0.4 is 0 Å². The van der Waals surface area contributed by atoms with Crippen LogP contribution in [-0.2, 0) is 14.0 Å². The second kappa shape index (κ2) is 6.02. The minimum atomic E-state index is -0.772. The summed E-state index contributed by atoms with van der Waals surface area (Å²) in [6.45, 7) is 1.99. The predicted octanol–water partition coefficient (Wildman–Crippen LogP) is 4.24. The zero-order chi connectivity index (χ0) is 13.7. The van der Waals surface area contributed by atoms with Crippen molar-refractivity contribution in [3.05, 3.63) is 71.8 Å². The molecular formula is C16H15BrO2. The summed E-state index contributed by atoms with van der Waals surface area (Å²) in [6.07, 6.45) is 0.630. The van der Waals surface area contributed by atoms with Crippen molar-refractivity contribution >= 4 is 22.2 Å². The molecule has 2 aromatic carbocycles. The first-order valence-electron chi connectivity index (χ1n) is 6.19. The highest BCUT2D eigenvalue weighted by Gasteiger charge is 2.41. The van der Waals surface area contributed by atoms with Crippen molar-refractivity contribution in [2.24, 2.45) is 0 Å². The predicted molar refractivity (Wildman–Crippen MR) is 79.0 cm³/mol. The monoisotopic (exact) mass is 318 g/mol. The Labute approximate surface area is 121 Å². The average Bonchev–Trinajstić information content (AvgIpc) is 2.50. The van der Waals surface area contributed by atoms with Gasteiger partial charge >= 0.3 is 5.97 Å². The van der Waals surface area contributed by atoms with Gasteiger partial charge < -0.3 is 3.83 Å². The van der Waals surface area contributed by atoms with Crippen molar-refractivity contribution in [1.29, 1.82) is 0 Å². The normalized spacial score (nSPS) is 11.1. The van der Waals surface area contributed by atoms with Gasteiger partial charge in [0.05, 0.1) is 0 Å². The standard InChI is InChI=1S/C16H15BrO2/c1-2-16(15(18)19-17,13-9-5-3-6-10-13)14-11-7-4-8-12-14/h3-12H,2H2,1H3. The van der Waals surface area contributed by atoms with E-state index in [1.54, 1.807) is 0 Å². The van der Waals surface area contributed by atoms with Gasteiger partial charge in [0.2, 0.25) is 0 Å². The lowest BCUT2D eigenvalue weighted by Crippen LogP contribution is -2.36. The largest absolute Gasteiger partial charge is 0.383 e. The number of carbonyl (C=O) groups is 1. The summed E-state index contributed by atoms with van der Waals surface area (Å²) in [5.74, 6) is -0.299.